The second-order valence-corrected chi connectivity index (χ2v) is 14.4. The number of hydrogen-bond donors (Lipinski definition) is 4. The van der Waals surface area contributed by atoms with Gasteiger partial charge in [-0.2, -0.15) is 0 Å². The first-order valence-electron chi connectivity index (χ1n) is 18.5. The van der Waals surface area contributed by atoms with E-state index >= 15 is 0 Å². The number of carboxylic acids is 2. The maximum atomic E-state index is 12.8. The lowest BCUT2D eigenvalue weighted by Gasteiger charge is -2.25. The summed E-state index contributed by atoms with van der Waals surface area (Å²) in [5.74, 6) is -1.73. The van der Waals surface area contributed by atoms with E-state index in [-0.39, 0.29) is 55.2 Å². The average molecular weight is 683 g/mol. The van der Waals surface area contributed by atoms with Crippen LogP contribution >= 0.6 is 0 Å². The molecule has 1 rings (SSSR count). The average Bonchev–Trinajstić information content (AvgIpc) is 3.66. The number of carbonyl (C=O) groups excluding carboxylic acids is 3. The Morgan fingerprint density at radius 3 is 1.71 bits per heavy atom. The molecule has 0 bridgehead atoms. The highest BCUT2D eigenvalue weighted by molar-refractivity contribution is 5.89. The van der Waals surface area contributed by atoms with Gasteiger partial charge in [0.1, 0.15) is 12.6 Å². The van der Waals surface area contributed by atoms with Crippen molar-refractivity contribution in [1.82, 2.24) is 10.6 Å². The Morgan fingerprint density at radius 2 is 1.23 bits per heavy atom. The molecule has 11 nitrogen and oxygen atoms in total. The van der Waals surface area contributed by atoms with E-state index in [1.54, 1.807) is 13.8 Å². The summed E-state index contributed by atoms with van der Waals surface area (Å²) in [5, 5.41) is 24.0. The van der Waals surface area contributed by atoms with Crippen LogP contribution in [0.5, 0.6) is 0 Å². The molecule has 11 heteroatoms. The zero-order valence-corrected chi connectivity index (χ0v) is 30.4. The molecule has 0 heterocycles. The standard InChI is InChI=1S/C37H66N2O9/c1-29-27-37(29,4)32(41)28-48-26-25-47-24-23-38-36(2,3)31(40)22-21-30(35(45)46)39-33(42)19-17-15-13-11-9-7-5-6-8-10-12-14-16-18-20-34(43)44/h29-30,38H,5-28H2,1-4H3,(H,39,42)(H,43,44)(H,45,46)/t29?,30-,37?/m0/s1. The summed E-state index contributed by atoms with van der Waals surface area (Å²) in [5.41, 5.74) is -1.10. The number of carboxylic acid groups (broad SMARTS) is 2. The topological polar surface area (TPSA) is 168 Å². The van der Waals surface area contributed by atoms with Gasteiger partial charge < -0.3 is 30.3 Å². The molecule has 278 valence electrons. The van der Waals surface area contributed by atoms with Gasteiger partial charge in [0.2, 0.25) is 5.91 Å². The molecule has 1 aliphatic carbocycles. The first-order valence-corrected chi connectivity index (χ1v) is 18.5. The third-order valence-corrected chi connectivity index (χ3v) is 9.75. The molecule has 0 aromatic carbocycles. The lowest BCUT2D eigenvalue weighted by atomic mass is 9.94. The monoisotopic (exact) mass is 682 g/mol. The van der Waals surface area contributed by atoms with Gasteiger partial charge >= 0.3 is 11.9 Å². The molecular formula is C37H66N2O9. The number of amides is 1. The van der Waals surface area contributed by atoms with Crippen molar-refractivity contribution in [2.24, 2.45) is 11.3 Å². The van der Waals surface area contributed by atoms with Crippen molar-refractivity contribution >= 4 is 29.4 Å². The van der Waals surface area contributed by atoms with Gasteiger partial charge in [0.25, 0.3) is 0 Å². The predicted molar refractivity (Wildman–Crippen MR) is 186 cm³/mol. The van der Waals surface area contributed by atoms with Gasteiger partial charge in [0.15, 0.2) is 11.6 Å². The summed E-state index contributed by atoms with van der Waals surface area (Å²) in [7, 11) is 0. The van der Waals surface area contributed by atoms with Crippen molar-refractivity contribution in [3.8, 4) is 0 Å². The van der Waals surface area contributed by atoms with Crippen LogP contribution in [0.2, 0.25) is 0 Å². The van der Waals surface area contributed by atoms with Gasteiger partial charge in [-0.15, -0.1) is 0 Å². The fourth-order valence-electron chi connectivity index (χ4n) is 5.84. The quantitative estimate of drug-likeness (QED) is 0.0581. The van der Waals surface area contributed by atoms with Crippen LogP contribution in [0.1, 0.15) is 150 Å². The first kappa shape index (κ1) is 43.7. The van der Waals surface area contributed by atoms with Gasteiger partial charge in [-0.1, -0.05) is 90.9 Å². The third kappa shape index (κ3) is 20.2. The van der Waals surface area contributed by atoms with Crippen LogP contribution < -0.4 is 10.6 Å². The van der Waals surface area contributed by atoms with Crippen LogP contribution in [0.25, 0.3) is 0 Å². The minimum atomic E-state index is -1.14. The Morgan fingerprint density at radius 1 is 0.750 bits per heavy atom. The number of ether oxygens (including phenoxy) is 2. The van der Waals surface area contributed by atoms with E-state index in [0.29, 0.717) is 38.7 Å². The second kappa shape index (κ2) is 24.7. The SMILES string of the molecule is CC1CC1(C)C(=O)COCCOCCNC(C)(C)C(=O)CC[C@H](NC(=O)CCCCCCCCCCCCCCCCC(=O)O)C(=O)O. The lowest BCUT2D eigenvalue weighted by Crippen LogP contribution is -2.49. The van der Waals surface area contributed by atoms with E-state index in [9.17, 15) is 29.1 Å². The smallest absolute Gasteiger partial charge is 0.326 e. The molecule has 0 radical (unpaired) electrons. The summed E-state index contributed by atoms with van der Waals surface area (Å²) in [6.45, 7) is 9.09. The Bertz CT molecular complexity index is 970. The number of ketones is 2. The summed E-state index contributed by atoms with van der Waals surface area (Å²) >= 11 is 0. The van der Waals surface area contributed by atoms with E-state index in [1.807, 2.05) is 6.92 Å². The molecule has 0 aromatic rings. The maximum Gasteiger partial charge on any atom is 0.326 e. The molecule has 4 N–H and O–H groups in total. The molecule has 0 saturated heterocycles. The number of Topliss-reactive ketones (excluding diaryl/α,β-unsaturated/α-hetero) is 2. The summed E-state index contributed by atoms with van der Waals surface area (Å²) < 4.78 is 11.0. The van der Waals surface area contributed by atoms with Gasteiger partial charge in [0, 0.05) is 31.2 Å². The van der Waals surface area contributed by atoms with Crippen molar-refractivity contribution in [3.63, 3.8) is 0 Å². The van der Waals surface area contributed by atoms with Crippen LogP contribution in [-0.2, 0) is 33.4 Å². The van der Waals surface area contributed by atoms with Crippen LogP contribution in [-0.4, -0.2) is 84.2 Å². The Balaban J connectivity index is 2.05. The van der Waals surface area contributed by atoms with Crippen molar-refractivity contribution in [3.05, 3.63) is 0 Å². The van der Waals surface area contributed by atoms with E-state index in [0.717, 1.165) is 44.9 Å². The minimum absolute atomic E-state index is 0.0199. The number of carbonyl (C=O) groups is 5. The normalized spacial score (nSPS) is 18.0. The van der Waals surface area contributed by atoms with E-state index in [1.165, 1.54) is 44.9 Å². The van der Waals surface area contributed by atoms with Crippen molar-refractivity contribution in [2.75, 3.05) is 33.0 Å². The Hall–Kier alpha value is -2.37. The fraction of sp³-hybridized carbons (Fsp3) is 0.865. The van der Waals surface area contributed by atoms with Crippen LogP contribution in [0.4, 0.5) is 0 Å². The molecule has 0 spiro atoms. The Labute approximate surface area is 289 Å². The van der Waals surface area contributed by atoms with Crippen LogP contribution in [0.15, 0.2) is 0 Å². The predicted octanol–water partition coefficient (Wildman–Crippen LogP) is 6.25. The number of aliphatic carboxylic acids is 2. The molecule has 1 aliphatic rings. The zero-order valence-electron chi connectivity index (χ0n) is 30.4. The number of nitrogens with one attached hydrogen (secondary N) is 2. The molecule has 3 atom stereocenters. The van der Waals surface area contributed by atoms with E-state index in [2.05, 4.69) is 17.6 Å². The van der Waals surface area contributed by atoms with Gasteiger partial charge in [0.05, 0.1) is 25.4 Å². The molecule has 0 aromatic heterocycles. The fourth-order valence-corrected chi connectivity index (χ4v) is 5.84. The van der Waals surface area contributed by atoms with E-state index in [4.69, 9.17) is 14.6 Å². The molecule has 2 unspecified atom stereocenters. The lowest BCUT2D eigenvalue weighted by molar-refractivity contribution is -0.142. The van der Waals surface area contributed by atoms with Crippen molar-refractivity contribution in [1.29, 1.82) is 0 Å². The molecule has 0 aliphatic heterocycles. The maximum absolute atomic E-state index is 12.8. The molecule has 48 heavy (non-hydrogen) atoms. The van der Waals surface area contributed by atoms with Gasteiger partial charge in [-0.25, -0.2) is 4.79 Å². The van der Waals surface area contributed by atoms with Crippen LogP contribution in [0, 0.1) is 11.3 Å². The first-order chi connectivity index (χ1) is 22.8. The zero-order chi connectivity index (χ0) is 35.8. The Kier molecular flexibility index (Phi) is 22.5. The molecule has 1 saturated carbocycles. The van der Waals surface area contributed by atoms with Gasteiger partial charge in [-0.05, 0) is 45.4 Å². The number of hydrogen-bond acceptors (Lipinski definition) is 8. The molecule has 1 amide bonds. The summed E-state index contributed by atoms with van der Waals surface area (Å²) in [4.78, 5) is 59.6. The number of rotatable bonds is 33. The highest BCUT2D eigenvalue weighted by atomic mass is 16.5. The second-order valence-electron chi connectivity index (χ2n) is 14.4. The highest BCUT2D eigenvalue weighted by Gasteiger charge is 2.52. The van der Waals surface area contributed by atoms with E-state index < -0.39 is 23.5 Å². The molecular weight excluding hydrogens is 616 g/mol. The van der Waals surface area contributed by atoms with Gasteiger partial charge in [-0.3, -0.25) is 19.2 Å². The third-order valence-electron chi connectivity index (χ3n) is 9.75. The van der Waals surface area contributed by atoms with Crippen LogP contribution in [0.3, 0.4) is 0 Å². The van der Waals surface area contributed by atoms with Crippen molar-refractivity contribution in [2.45, 2.75) is 161 Å². The van der Waals surface area contributed by atoms with Crippen molar-refractivity contribution < 1.29 is 43.7 Å². The molecule has 1 fully saturated rings. The summed E-state index contributed by atoms with van der Waals surface area (Å²) in [6.07, 6.45) is 16.8. The highest BCUT2D eigenvalue weighted by Crippen LogP contribution is 2.52. The minimum Gasteiger partial charge on any atom is -0.481 e. The largest absolute Gasteiger partial charge is 0.481 e. The number of unbranched alkanes of at least 4 members (excludes halogenated alkanes) is 13. The summed E-state index contributed by atoms with van der Waals surface area (Å²) in [6, 6.07) is -1.10.